The predicted molar refractivity (Wildman–Crippen MR) is 243 cm³/mol. The van der Waals surface area contributed by atoms with Crippen LogP contribution in [0.4, 0.5) is 0 Å². The Kier molecular flexibility index (Phi) is 25.7. The van der Waals surface area contributed by atoms with Crippen LogP contribution in [0.3, 0.4) is 0 Å². The van der Waals surface area contributed by atoms with E-state index in [2.05, 4.69) is 36.9 Å². The Bertz CT molecular complexity index is 1890. The summed E-state index contributed by atoms with van der Waals surface area (Å²) in [5, 5.41) is 31.9. The minimum absolute atomic E-state index is 0.0209. The Morgan fingerprint density at radius 2 is 1.27 bits per heavy atom. The van der Waals surface area contributed by atoms with Crippen LogP contribution in [0.15, 0.2) is 35.3 Å². The van der Waals surface area contributed by atoms with Crippen LogP contribution in [-0.2, 0) is 54.4 Å². The van der Waals surface area contributed by atoms with E-state index in [4.69, 9.17) is 38.6 Å². The standard InChI is InChI=1S/C40H65N13O10.C2H4O2/c1-21(2)18-29(52-34(58)25(41)20-54)37(61)47-22(3)33(57)48-23(4)39(63)53-17-9-13-30(53)38(62)50-27(14-15-31(42)55)36(60)49-26(12-8-16-46-40(44)45)35(59)51-28(32(43)56)19-24-10-6-5-7-11-24;1-2(3)4/h5-7,10-11,21-23,25-30,54H,8-9,12-20,41H2,1-4H3,(H2,42,55)(H2,43,56)(H,47,61)(H,48,57)(H,49,60)(H,50,62)(H,51,59)(H,52,58)(H4,44,45,46);1H3,(H,3,4)/t22-,23-,25-,26-,27-,28-,29-,30-;/m0./s1. The minimum Gasteiger partial charge on any atom is -0.481 e. The molecule has 1 aliphatic rings. The zero-order chi connectivity index (χ0) is 51.0. The number of hydrogen-bond donors (Lipinski definition) is 13. The largest absolute Gasteiger partial charge is 0.481 e. The topological polar surface area (TPSA) is 429 Å². The Balaban J connectivity index is 0.00000538. The highest BCUT2D eigenvalue weighted by molar-refractivity contribution is 5.98. The van der Waals surface area contributed by atoms with Crippen molar-refractivity contribution < 1.29 is 58.2 Å². The number of rotatable bonds is 26. The van der Waals surface area contributed by atoms with Gasteiger partial charge < -0.3 is 75.7 Å². The molecule has 1 fully saturated rings. The normalized spacial score (nSPS) is 16.1. The summed E-state index contributed by atoms with van der Waals surface area (Å²) in [5.41, 5.74) is 28.1. The number of nitrogens with two attached hydrogens (primary N) is 5. The average Bonchev–Trinajstić information content (AvgIpc) is 3.75. The first-order valence-corrected chi connectivity index (χ1v) is 21.7. The number of nitrogens with zero attached hydrogens (tertiary/aromatic N) is 2. The highest BCUT2D eigenvalue weighted by Crippen LogP contribution is 2.19. The van der Waals surface area contributed by atoms with Crippen LogP contribution in [-0.4, -0.2) is 148 Å². The van der Waals surface area contributed by atoms with Crippen molar-refractivity contribution >= 4 is 65.1 Å². The number of carboxylic acid groups (broad SMARTS) is 1. The number of nitrogens with one attached hydrogen (secondary N) is 6. The molecule has 67 heavy (non-hydrogen) atoms. The quantitative estimate of drug-likeness (QED) is 0.0236. The van der Waals surface area contributed by atoms with E-state index in [-0.39, 0.29) is 69.9 Å². The number of aliphatic imine (C=N–C) groups is 1. The number of primary amides is 2. The summed E-state index contributed by atoms with van der Waals surface area (Å²) in [6.45, 7) is 7.06. The molecule has 0 radical (unpaired) electrons. The van der Waals surface area contributed by atoms with Crippen LogP contribution in [0.25, 0.3) is 0 Å². The summed E-state index contributed by atoms with van der Waals surface area (Å²) in [7, 11) is 0. The molecule has 0 saturated carbocycles. The van der Waals surface area contributed by atoms with Crippen molar-refractivity contribution in [3.05, 3.63) is 35.9 Å². The van der Waals surface area contributed by atoms with Crippen LogP contribution in [0.2, 0.25) is 0 Å². The van der Waals surface area contributed by atoms with Crippen LogP contribution in [0, 0.1) is 5.92 Å². The van der Waals surface area contributed by atoms with Crippen LogP contribution >= 0.6 is 0 Å². The number of aliphatic hydroxyl groups is 1. The summed E-state index contributed by atoms with van der Waals surface area (Å²) in [4.78, 5) is 132. The van der Waals surface area contributed by atoms with Gasteiger partial charge in [-0.25, -0.2) is 0 Å². The predicted octanol–water partition coefficient (Wildman–Crippen LogP) is -4.57. The van der Waals surface area contributed by atoms with E-state index in [0.29, 0.717) is 12.0 Å². The Hall–Kier alpha value is -6.89. The second-order valence-electron chi connectivity index (χ2n) is 16.4. The molecule has 1 aromatic rings. The Morgan fingerprint density at radius 1 is 0.731 bits per heavy atom. The molecule has 1 heterocycles. The van der Waals surface area contributed by atoms with Gasteiger partial charge in [-0.05, 0) is 63.9 Å². The summed E-state index contributed by atoms with van der Waals surface area (Å²) in [6, 6.07) is -0.865. The fraction of sp³-hybridized carbons (Fsp3) is 0.595. The third-order valence-corrected chi connectivity index (χ3v) is 10.0. The SMILES string of the molecule is CC(=O)O.CC(C)C[C@H](NC(=O)[C@@H](N)CO)C(=O)N[C@@H](C)C(=O)N[C@@H](C)C(=O)N1CCC[C@H]1C(=O)N[C@@H](CCC(N)=O)C(=O)N[C@@H](CCCN=C(N)N)C(=O)N[C@@H](Cc1ccccc1)C(N)=O. The van der Waals surface area contributed by atoms with Crippen molar-refractivity contribution in [3.63, 3.8) is 0 Å². The molecular weight excluding hydrogens is 879 g/mol. The summed E-state index contributed by atoms with van der Waals surface area (Å²) < 4.78 is 0. The molecule has 9 amide bonds. The van der Waals surface area contributed by atoms with Crippen LogP contribution in [0.5, 0.6) is 0 Å². The van der Waals surface area contributed by atoms with Crippen molar-refractivity contribution in [1.82, 2.24) is 36.8 Å². The number of carbonyl (C=O) groups is 10. The molecule has 1 saturated heterocycles. The zero-order valence-electron chi connectivity index (χ0n) is 38.6. The minimum atomic E-state index is -1.42. The molecule has 374 valence electrons. The van der Waals surface area contributed by atoms with Crippen LogP contribution < -0.4 is 60.6 Å². The van der Waals surface area contributed by atoms with Crippen molar-refractivity contribution in [2.24, 2.45) is 39.6 Å². The number of aliphatic carboxylic acids is 1. The molecule has 0 bridgehead atoms. The van der Waals surface area contributed by atoms with Gasteiger partial charge in [0.25, 0.3) is 5.97 Å². The molecular formula is C42H69N13O12. The van der Waals surface area contributed by atoms with Crippen molar-refractivity contribution in [1.29, 1.82) is 0 Å². The van der Waals surface area contributed by atoms with Crippen molar-refractivity contribution in [3.8, 4) is 0 Å². The van der Waals surface area contributed by atoms with Gasteiger partial charge in [-0.15, -0.1) is 0 Å². The lowest BCUT2D eigenvalue weighted by Crippen LogP contribution is -2.59. The van der Waals surface area contributed by atoms with Gasteiger partial charge in [0.05, 0.1) is 6.61 Å². The molecule has 25 nitrogen and oxygen atoms in total. The molecule has 18 N–H and O–H groups in total. The molecule has 2 rings (SSSR count). The van der Waals surface area contributed by atoms with Crippen molar-refractivity contribution in [2.75, 3.05) is 19.7 Å². The number of benzene rings is 1. The van der Waals surface area contributed by atoms with E-state index < -0.39 is 114 Å². The molecule has 8 atom stereocenters. The smallest absolute Gasteiger partial charge is 0.300 e. The van der Waals surface area contributed by atoms with E-state index in [1.807, 2.05) is 13.8 Å². The summed E-state index contributed by atoms with van der Waals surface area (Å²) in [6.07, 6.45) is 0.393. The number of guanidine groups is 1. The summed E-state index contributed by atoms with van der Waals surface area (Å²) in [5.74, 6) is -7.90. The lowest BCUT2D eigenvalue weighted by Gasteiger charge is -2.29. The molecule has 1 aliphatic heterocycles. The second kappa shape index (κ2) is 29.6. The van der Waals surface area contributed by atoms with Gasteiger partial charge in [-0.3, -0.25) is 52.9 Å². The lowest BCUT2D eigenvalue weighted by atomic mass is 10.0. The molecule has 0 unspecified atom stereocenters. The number of carbonyl (C=O) groups excluding carboxylic acids is 9. The van der Waals surface area contributed by atoms with Gasteiger partial charge in [0.15, 0.2) is 5.96 Å². The first-order chi connectivity index (χ1) is 31.4. The molecule has 0 aliphatic carbocycles. The molecule has 0 spiro atoms. The molecule has 25 heteroatoms. The van der Waals surface area contributed by atoms with E-state index in [1.165, 1.54) is 18.7 Å². The zero-order valence-corrected chi connectivity index (χ0v) is 38.6. The third-order valence-electron chi connectivity index (χ3n) is 10.0. The Labute approximate surface area is 388 Å². The van der Waals surface area contributed by atoms with Gasteiger partial charge in [0.1, 0.15) is 48.3 Å². The third kappa shape index (κ3) is 22.2. The van der Waals surface area contributed by atoms with Crippen LogP contribution in [0.1, 0.15) is 85.1 Å². The summed E-state index contributed by atoms with van der Waals surface area (Å²) >= 11 is 0. The van der Waals surface area contributed by atoms with E-state index in [9.17, 15) is 48.3 Å². The highest BCUT2D eigenvalue weighted by Gasteiger charge is 2.39. The van der Waals surface area contributed by atoms with Gasteiger partial charge in [-0.2, -0.15) is 0 Å². The highest BCUT2D eigenvalue weighted by atomic mass is 16.4. The number of likely N-dealkylation sites (tertiary alicyclic amines) is 1. The van der Waals surface area contributed by atoms with E-state index >= 15 is 0 Å². The number of amides is 9. The maximum atomic E-state index is 13.8. The van der Waals surface area contributed by atoms with Gasteiger partial charge in [-0.1, -0.05) is 44.2 Å². The molecule has 1 aromatic carbocycles. The second-order valence-corrected chi connectivity index (χ2v) is 16.4. The fourth-order valence-electron chi connectivity index (χ4n) is 6.61. The van der Waals surface area contributed by atoms with Gasteiger partial charge in [0, 0.05) is 32.9 Å². The average molecular weight is 948 g/mol. The maximum Gasteiger partial charge on any atom is 0.300 e. The monoisotopic (exact) mass is 948 g/mol. The Morgan fingerprint density at radius 3 is 1.81 bits per heavy atom. The first-order valence-electron chi connectivity index (χ1n) is 21.7. The first kappa shape index (κ1) is 58.1. The van der Waals surface area contributed by atoms with E-state index in [1.54, 1.807) is 30.3 Å². The maximum absolute atomic E-state index is 13.8. The number of carboxylic acids is 1. The molecule has 0 aromatic heterocycles. The van der Waals surface area contributed by atoms with Gasteiger partial charge >= 0.3 is 0 Å². The number of hydrogen-bond acceptors (Lipinski definition) is 13. The fourth-order valence-corrected chi connectivity index (χ4v) is 6.61. The number of aliphatic hydroxyl groups excluding tert-OH is 1. The van der Waals surface area contributed by atoms with Gasteiger partial charge in [0.2, 0.25) is 53.2 Å². The van der Waals surface area contributed by atoms with E-state index in [0.717, 1.165) is 6.92 Å². The van der Waals surface area contributed by atoms with Crippen molar-refractivity contribution in [2.45, 2.75) is 134 Å². The lowest BCUT2D eigenvalue weighted by molar-refractivity contribution is -0.142.